The third kappa shape index (κ3) is 3.62. The number of nitrogens with one attached hydrogen (secondary N) is 1. The molecule has 118 valence electrons. The summed E-state index contributed by atoms with van der Waals surface area (Å²) in [5.74, 6) is 5.65. The van der Waals surface area contributed by atoms with E-state index in [-0.39, 0.29) is 17.5 Å². The van der Waals surface area contributed by atoms with E-state index in [9.17, 15) is 4.39 Å². The highest BCUT2D eigenvalue weighted by Crippen LogP contribution is 2.40. The largest absolute Gasteiger partial charge is 0.373 e. The van der Waals surface area contributed by atoms with Crippen LogP contribution in [0.4, 0.5) is 4.39 Å². The van der Waals surface area contributed by atoms with Gasteiger partial charge in [-0.15, -0.1) is 0 Å². The highest BCUT2D eigenvalue weighted by Gasteiger charge is 2.40. The molecule has 1 aromatic carbocycles. The summed E-state index contributed by atoms with van der Waals surface area (Å²) in [6.07, 6.45) is 6.65. The summed E-state index contributed by atoms with van der Waals surface area (Å²) < 4.78 is 20.1. The van der Waals surface area contributed by atoms with E-state index < -0.39 is 0 Å². The second-order valence-corrected chi connectivity index (χ2v) is 6.02. The molecule has 0 amide bonds. The normalized spacial score (nSPS) is 20.0. The second-order valence-electron chi connectivity index (χ2n) is 6.02. The van der Waals surface area contributed by atoms with Crippen molar-refractivity contribution in [2.75, 3.05) is 6.61 Å². The lowest BCUT2D eigenvalue weighted by Gasteiger charge is -2.40. The number of hydrazine groups is 1. The van der Waals surface area contributed by atoms with Gasteiger partial charge in [0.05, 0.1) is 11.6 Å². The lowest BCUT2D eigenvalue weighted by molar-refractivity contribution is -0.0783. The van der Waals surface area contributed by atoms with Crippen LogP contribution in [0, 0.1) is 12.7 Å². The predicted octanol–water partition coefficient (Wildman–Crippen LogP) is 3.77. The Bertz CT molecular complexity index is 456. The fourth-order valence-electron chi connectivity index (χ4n) is 3.47. The number of aryl methyl sites for hydroxylation is 1. The van der Waals surface area contributed by atoms with Gasteiger partial charge in [0, 0.05) is 6.61 Å². The molecule has 1 saturated carbocycles. The molecule has 0 radical (unpaired) electrons. The minimum atomic E-state index is -0.332. The van der Waals surface area contributed by atoms with E-state index in [0.717, 1.165) is 31.2 Å². The molecule has 1 atom stereocenters. The minimum absolute atomic E-state index is 0.175. The summed E-state index contributed by atoms with van der Waals surface area (Å²) in [6.45, 7) is 4.43. The first kappa shape index (κ1) is 16.4. The Hall–Kier alpha value is -0.970. The van der Waals surface area contributed by atoms with Gasteiger partial charge in [-0.05, 0) is 43.9 Å². The van der Waals surface area contributed by atoms with E-state index in [1.165, 1.54) is 12.8 Å². The third-order valence-corrected chi connectivity index (χ3v) is 4.60. The number of hydrogen-bond acceptors (Lipinski definition) is 3. The predicted molar refractivity (Wildman–Crippen MR) is 83.3 cm³/mol. The van der Waals surface area contributed by atoms with Crippen molar-refractivity contribution in [3.05, 3.63) is 35.1 Å². The molecule has 0 aromatic heterocycles. The van der Waals surface area contributed by atoms with Gasteiger partial charge in [0.2, 0.25) is 0 Å². The number of ether oxygens (including phenoxy) is 1. The molecule has 1 aliphatic rings. The van der Waals surface area contributed by atoms with Crippen LogP contribution in [0.5, 0.6) is 0 Å². The highest BCUT2D eigenvalue weighted by molar-refractivity contribution is 5.28. The maximum Gasteiger partial charge on any atom is 0.126 e. The van der Waals surface area contributed by atoms with Crippen molar-refractivity contribution in [3.8, 4) is 0 Å². The molecular weight excluding hydrogens is 267 g/mol. The van der Waals surface area contributed by atoms with Gasteiger partial charge in [-0.25, -0.2) is 4.39 Å². The van der Waals surface area contributed by atoms with Crippen molar-refractivity contribution in [3.63, 3.8) is 0 Å². The van der Waals surface area contributed by atoms with Crippen molar-refractivity contribution in [2.24, 2.45) is 5.84 Å². The zero-order valence-corrected chi connectivity index (χ0v) is 13.1. The van der Waals surface area contributed by atoms with E-state index in [0.29, 0.717) is 12.2 Å². The van der Waals surface area contributed by atoms with Crippen molar-refractivity contribution < 1.29 is 9.13 Å². The lowest BCUT2D eigenvalue weighted by Crippen LogP contribution is -2.48. The summed E-state index contributed by atoms with van der Waals surface area (Å²) in [5, 5.41) is 0. The Labute approximate surface area is 127 Å². The van der Waals surface area contributed by atoms with Crippen LogP contribution in [0.15, 0.2) is 18.2 Å². The minimum Gasteiger partial charge on any atom is -0.373 e. The summed E-state index contributed by atoms with van der Waals surface area (Å²) in [4.78, 5) is 0. The SMILES string of the molecule is CCOC1(C(NN)c2ccc(C)c(F)c2)CCCCCC1. The molecule has 1 aliphatic carbocycles. The van der Waals surface area contributed by atoms with Gasteiger partial charge < -0.3 is 4.74 Å². The summed E-state index contributed by atoms with van der Waals surface area (Å²) >= 11 is 0. The number of hydrogen-bond donors (Lipinski definition) is 2. The van der Waals surface area contributed by atoms with E-state index in [1.54, 1.807) is 13.0 Å². The zero-order valence-electron chi connectivity index (χ0n) is 13.1. The smallest absolute Gasteiger partial charge is 0.126 e. The standard InChI is InChI=1S/C17H27FN2O/c1-3-21-17(10-6-4-5-7-11-17)16(20-19)14-9-8-13(2)15(18)12-14/h8-9,12,16,20H,3-7,10-11,19H2,1-2H3. The Kier molecular flexibility index (Phi) is 5.73. The molecule has 1 fully saturated rings. The summed E-state index contributed by atoms with van der Waals surface area (Å²) in [5.41, 5.74) is 4.09. The molecular formula is C17H27FN2O. The molecule has 0 spiro atoms. The molecule has 3 N–H and O–H groups in total. The van der Waals surface area contributed by atoms with Crippen LogP contribution in [-0.2, 0) is 4.74 Å². The molecule has 1 unspecified atom stereocenters. The Balaban J connectivity index is 2.36. The van der Waals surface area contributed by atoms with Gasteiger partial charge in [0.15, 0.2) is 0 Å². The molecule has 3 nitrogen and oxygen atoms in total. The van der Waals surface area contributed by atoms with Crippen LogP contribution in [0.3, 0.4) is 0 Å². The number of benzene rings is 1. The Morgan fingerprint density at radius 2 is 1.95 bits per heavy atom. The molecule has 21 heavy (non-hydrogen) atoms. The molecule has 0 bridgehead atoms. The van der Waals surface area contributed by atoms with Gasteiger partial charge in [-0.3, -0.25) is 11.3 Å². The van der Waals surface area contributed by atoms with Crippen LogP contribution in [0.1, 0.15) is 62.6 Å². The number of nitrogens with two attached hydrogens (primary N) is 1. The Morgan fingerprint density at radius 3 is 2.48 bits per heavy atom. The number of rotatable bonds is 5. The highest BCUT2D eigenvalue weighted by atomic mass is 19.1. The molecule has 2 rings (SSSR count). The van der Waals surface area contributed by atoms with Crippen molar-refractivity contribution in [1.82, 2.24) is 5.43 Å². The van der Waals surface area contributed by atoms with Gasteiger partial charge in [0.1, 0.15) is 5.82 Å². The lowest BCUT2D eigenvalue weighted by atomic mass is 9.82. The van der Waals surface area contributed by atoms with Crippen molar-refractivity contribution in [1.29, 1.82) is 0 Å². The fraction of sp³-hybridized carbons (Fsp3) is 0.647. The molecule has 0 heterocycles. The topological polar surface area (TPSA) is 47.3 Å². The summed E-state index contributed by atoms with van der Waals surface area (Å²) in [6, 6.07) is 5.18. The number of halogens is 1. The van der Waals surface area contributed by atoms with Gasteiger partial charge in [-0.2, -0.15) is 0 Å². The van der Waals surface area contributed by atoms with Crippen LogP contribution >= 0.6 is 0 Å². The molecule has 0 saturated heterocycles. The van der Waals surface area contributed by atoms with E-state index >= 15 is 0 Å². The maximum absolute atomic E-state index is 13.9. The van der Waals surface area contributed by atoms with Gasteiger partial charge in [-0.1, -0.05) is 37.8 Å². The van der Waals surface area contributed by atoms with Crippen LogP contribution in [0.25, 0.3) is 0 Å². The van der Waals surface area contributed by atoms with Crippen LogP contribution in [-0.4, -0.2) is 12.2 Å². The summed E-state index contributed by atoms with van der Waals surface area (Å²) in [7, 11) is 0. The Morgan fingerprint density at radius 1 is 1.29 bits per heavy atom. The van der Waals surface area contributed by atoms with Crippen LogP contribution in [0.2, 0.25) is 0 Å². The average Bonchev–Trinajstić information content (AvgIpc) is 2.70. The van der Waals surface area contributed by atoms with E-state index in [4.69, 9.17) is 10.6 Å². The fourth-order valence-corrected chi connectivity index (χ4v) is 3.47. The van der Waals surface area contributed by atoms with Crippen LogP contribution < -0.4 is 11.3 Å². The maximum atomic E-state index is 13.9. The van der Waals surface area contributed by atoms with E-state index in [2.05, 4.69) is 5.43 Å². The van der Waals surface area contributed by atoms with Gasteiger partial charge >= 0.3 is 0 Å². The first-order valence-electron chi connectivity index (χ1n) is 7.99. The third-order valence-electron chi connectivity index (χ3n) is 4.60. The van der Waals surface area contributed by atoms with Gasteiger partial charge in [0.25, 0.3) is 0 Å². The first-order chi connectivity index (χ1) is 10.1. The molecule has 1 aromatic rings. The quantitative estimate of drug-likeness (QED) is 0.494. The molecule has 0 aliphatic heterocycles. The van der Waals surface area contributed by atoms with E-state index in [1.807, 2.05) is 19.1 Å². The second kappa shape index (κ2) is 7.34. The van der Waals surface area contributed by atoms with Crippen molar-refractivity contribution >= 4 is 0 Å². The average molecular weight is 294 g/mol. The molecule has 4 heteroatoms. The monoisotopic (exact) mass is 294 g/mol. The van der Waals surface area contributed by atoms with Crippen molar-refractivity contribution in [2.45, 2.75) is 64.0 Å². The first-order valence-corrected chi connectivity index (χ1v) is 7.99. The zero-order chi connectivity index (χ0) is 15.3.